The molecule has 0 unspecified atom stereocenters. The number of nitrogens with two attached hydrogens (primary N) is 1. The highest BCUT2D eigenvalue weighted by molar-refractivity contribution is 7.88. The number of nitrogen functional groups attached to an aromatic ring is 1. The molecular weight excluding hydrogens is 412 g/mol. The second-order valence-corrected chi connectivity index (χ2v) is 8.40. The van der Waals surface area contributed by atoms with Crippen LogP contribution in [0.2, 0.25) is 0 Å². The highest BCUT2D eigenvalue weighted by Gasteiger charge is 2.17. The van der Waals surface area contributed by atoms with Crippen LogP contribution in [-0.2, 0) is 22.2 Å². The minimum absolute atomic E-state index is 0.135. The van der Waals surface area contributed by atoms with E-state index in [1.807, 2.05) is 6.07 Å². The van der Waals surface area contributed by atoms with Crippen LogP contribution in [0.4, 0.5) is 14.6 Å². The fourth-order valence-electron chi connectivity index (χ4n) is 2.89. The number of hydrogen-bond donors (Lipinski definition) is 2. The van der Waals surface area contributed by atoms with E-state index in [9.17, 15) is 22.5 Å². The van der Waals surface area contributed by atoms with E-state index >= 15 is 0 Å². The quantitative estimate of drug-likeness (QED) is 0.532. The summed E-state index contributed by atoms with van der Waals surface area (Å²) in [6.45, 7) is 0.137. The van der Waals surface area contributed by atoms with Gasteiger partial charge in [0.1, 0.15) is 29.1 Å². The summed E-state index contributed by atoms with van der Waals surface area (Å²) in [6.07, 6.45) is 0.706. The average Bonchev–Trinajstić information content (AvgIpc) is 3.03. The summed E-state index contributed by atoms with van der Waals surface area (Å²) >= 11 is 0. The predicted octanol–water partition coefficient (Wildman–Crippen LogP) is 2.66. The van der Waals surface area contributed by atoms with Crippen molar-refractivity contribution in [1.29, 1.82) is 5.26 Å². The monoisotopic (exact) mass is 431 g/mol. The Morgan fingerprint density at radius 1 is 1.07 bits per heavy atom. The normalized spacial score (nSPS) is 11.4. The van der Waals surface area contributed by atoms with E-state index < -0.39 is 21.7 Å². The van der Waals surface area contributed by atoms with Crippen LogP contribution in [0, 0.1) is 23.0 Å². The van der Waals surface area contributed by atoms with E-state index in [0.717, 1.165) is 0 Å². The van der Waals surface area contributed by atoms with E-state index in [1.165, 1.54) is 53.2 Å². The Labute approximate surface area is 172 Å². The van der Waals surface area contributed by atoms with Gasteiger partial charge >= 0.3 is 0 Å². The minimum atomic E-state index is -3.59. The number of hydrogen-bond acceptors (Lipinski definition) is 5. The van der Waals surface area contributed by atoms with E-state index in [-0.39, 0.29) is 23.7 Å². The summed E-state index contributed by atoms with van der Waals surface area (Å²) in [7, 11) is -3.59. The van der Waals surface area contributed by atoms with Gasteiger partial charge in [0.15, 0.2) is 0 Å². The number of nitrogens with zero attached hydrogens (tertiary/aromatic N) is 3. The molecule has 3 rings (SSSR count). The molecule has 156 valence electrons. The fourth-order valence-corrected chi connectivity index (χ4v) is 4.08. The molecule has 3 aromatic rings. The van der Waals surface area contributed by atoms with Crippen molar-refractivity contribution in [2.75, 3.05) is 12.3 Å². The van der Waals surface area contributed by atoms with Gasteiger partial charge in [-0.1, -0.05) is 12.1 Å². The smallest absolute Gasteiger partial charge is 0.215 e. The number of benzene rings is 2. The Morgan fingerprint density at radius 2 is 1.67 bits per heavy atom. The Morgan fingerprint density at radius 3 is 2.27 bits per heavy atom. The molecule has 0 aliphatic heterocycles. The highest BCUT2D eigenvalue weighted by atomic mass is 32.2. The van der Waals surface area contributed by atoms with Gasteiger partial charge in [0.2, 0.25) is 10.0 Å². The molecule has 10 heteroatoms. The number of nitriles is 1. The van der Waals surface area contributed by atoms with E-state index in [4.69, 9.17) is 5.73 Å². The molecule has 0 radical (unpaired) electrons. The first-order chi connectivity index (χ1) is 14.3. The van der Waals surface area contributed by atoms with Gasteiger partial charge in [0.05, 0.1) is 17.1 Å². The molecule has 0 fully saturated rings. The van der Waals surface area contributed by atoms with Crippen LogP contribution >= 0.6 is 0 Å². The summed E-state index contributed by atoms with van der Waals surface area (Å²) < 4.78 is 54.2. The van der Waals surface area contributed by atoms with Crippen LogP contribution in [-0.4, -0.2) is 24.7 Å². The molecule has 7 nitrogen and oxygen atoms in total. The molecular formula is C20H19F2N5O2S. The van der Waals surface area contributed by atoms with Gasteiger partial charge in [-0.15, -0.1) is 0 Å². The zero-order valence-corrected chi connectivity index (χ0v) is 16.7. The first-order valence-corrected chi connectivity index (χ1v) is 10.7. The number of nitrogens with one attached hydrogen (secondary N) is 1. The zero-order chi connectivity index (χ0) is 21.7. The standard InChI is InChI=1S/C20H19F2N5O2S/c21-15-5-3-14(4-6-15)13-30(28,29)25-11-1-2-19-18(12-23)20(24)27(26-19)17-9-7-16(22)8-10-17/h3-10,25H,1-2,11,13,24H2. The summed E-state index contributed by atoms with van der Waals surface area (Å²) in [6, 6.07) is 12.8. The number of aromatic nitrogens is 2. The summed E-state index contributed by atoms with van der Waals surface area (Å²) in [5, 5.41) is 13.7. The third-order valence-corrected chi connectivity index (χ3v) is 5.72. The van der Waals surface area contributed by atoms with Crippen LogP contribution < -0.4 is 10.5 Å². The Kier molecular flexibility index (Phi) is 6.44. The minimum Gasteiger partial charge on any atom is -0.382 e. The first-order valence-electron chi connectivity index (χ1n) is 9.04. The molecule has 3 N–H and O–H groups in total. The lowest BCUT2D eigenvalue weighted by atomic mass is 10.1. The molecule has 0 saturated carbocycles. The maximum absolute atomic E-state index is 13.1. The van der Waals surface area contributed by atoms with E-state index in [0.29, 0.717) is 29.8 Å². The van der Waals surface area contributed by atoms with Gasteiger partial charge in [0.25, 0.3) is 0 Å². The molecule has 0 spiro atoms. The molecule has 0 bridgehead atoms. The average molecular weight is 431 g/mol. The second-order valence-electron chi connectivity index (χ2n) is 6.59. The SMILES string of the molecule is N#Cc1c(CCCNS(=O)(=O)Cc2ccc(F)cc2)nn(-c2ccc(F)cc2)c1N. The Hall–Kier alpha value is -3.29. The summed E-state index contributed by atoms with van der Waals surface area (Å²) in [5.41, 5.74) is 7.62. The Balaban J connectivity index is 1.62. The van der Waals surface area contributed by atoms with Gasteiger partial charge in [0, 0.05) is 6.54 Å². The molecule has 0 amide bonds. The highest BCUT2D eigenvalue weighted by Crippen LogP contribution is 2.21. The zero-order valence-electron chi connectivity index (χ0n) is 15.8. The van der Waals surface area contributed by atoms with Crippen LogP contribution in [0.3, 0.4) is 0 Å². The topological polar surface area (TPSA) is 114 Å². The number of aryl methyl sites for hydroxylation is 1. The molecule has 2 aromatic carbocycles. The maximum Gasteiger partial charge on any atom is 0.215 e. The predicted molar refractivity (Wildman–Crippen MR) is 108 cm³/mol. The largest absolute Gasteiger partial charge is 0.382 e. The van der Waals surface area contributed by atoms with Gasteiger partial charge in [-0.2, -0.15) is 10.4 Å². The fraction of sp³-hybridized carbons (Fsp3) is 0.200. The lowest BCUT2D eigenvalue weighted by Crippen LogP contribution is -2.26. The number of anilines is 1. The van der Waals surface area contributed by atoms with Crippen LogP contribution in [0.5, 0.6) is 0 Å². The van der Waals surface area contributed by atoms with Crippen LogP contribution in [0.25, 0.3) is 5.69 Å². The maximum atomic E-state index is 13.1. The molecule has 0 saturated heterocycles. The van der Waals surface area contributed by atoms with Gasteiger partial charge < -0.3 is 5.73 Å². The van der Waals surface area contributed by atoms with Crippen molar-refractivity contribution in [1.82, 2.24) is 14.5 Å². The van der Waals surface area contributed by atoms with Crippen LogP contribution in [0.15, 0.2) is 48.5 Å². The van der Waals surface area contributed by atoms with Crippen molar-refractivity contribution in [2.45, 2.75) is 18.6 Å². The molecule has 0 aliphatic carbocycles. The lowest BCUT2D eigenvalue weighted by Gasteiger charge is -2.06. The van der Waals surface area contributed by atoms with E-state index in [2.05, 4.69) is 9.82 Å². The van der Waals surface area contributed by atoms with E-state index in [1.54, 1.807) is 0 Å². The molecule has 0 atom stereocenters. The van der Waals surface area contributed by atoms with Crippen molar-refractivity contribution < 1.29 is 17.2 Å². The number of rotatable bonds is 8. The molecule has 1 heterocycles. The lowest BCUT2D eigenvalue weighted by molar-refractivity contribution is 0.577. The number of sulfonamides is 1. The Bertz CT molecular complexity index is 1170. The molecule has 30 heavy (non-hydrogen) atoms. The van der Waals surface area contributed by atoms with Gasteiger partial charge in [-0.25, -0.2) is 26.6 Å². The second kappa shape index (κ2) is 9.02. The first kappa shape index (κ1) is 21.4. The van der Waals surface area contributed by atoms with Crippen molar-refractivity contribution in [3.63, 3.8) is 0 Å². The van der Waals surface area contributed by atoms with Gasteiger partial charge in [-0.3, -0.25) is 0 Å². The summed E-state index contributed by atoms with van der Waals surface area (Å²) in [5.74, 6) is -0.964. The molecule has 1 aromatic heterocycles. The van der Waals surface area contributed by atoms with Crippen molar-refractivity contribution in [3.05, 3.63) is 77.0 Å². The molecule has 0 aliphatic rings. The number of halogens is 2. The van der Waals surface area contributed by atoms with Gasteiger partial charge in [-0.05, 0) is 54.8 Å². The van der Waals surface area contributed by atoms with Crippen molar-refractivity contribution in [3.8, 4) is 11.8 Å². The third-order valence-electron chi connectivity index (χ3n) is 4.36. The van der Waals surface area contributed by atoms with Crippen molar-refractivity contribution in [2.24, 2.45) is 0 Å². The van der Waals surface area contributed by atoms with Crippen molar-refractivity contribution >= 4 is 15.8 Å². The van der Waals surface area contributed by atoms with Crippen LogP contribution in [0.1, 0.15) is 23.2 Å². The summed E-state index contributed by atoms with van der Waals surface area (Å²) in [4.78, 5) is 0. The third kappa shape index (κ3) is 5.20.